The predicted octanol–water partition coefficient (Wildman–Crippen LogP) is -3.40. The number of carbonyl (C=O) groups is 7. The van der Waals surface area contributed by atoms with E-state index in [1.54, 1.807) is 0 Å². The Morgan fingerprint density at radius 1 is 0.688 bits per heavy atom. The monoisotopic (exact) mass is 480 g/mol. The number of nitrogens with one attached hydrogen (secondary N) is 3. The molecule has 0 aliphatic carbocycles. The molecule has 0 aromatic heterocycles. The van der Waals surface area contributed by atoms with Gasteiger partial charge in [0.15, 0.2) is 0 Å². The van der Waals surface area contributed by atoms with Gasteiger partial charge in [-0.1, -0.05) is 0 Å². The number of carboxylic acids is 4. The van der Waals surface area contributed by atoms with Gasteiger partial charge in [-0.25, -0.2) is 4.79 Å². The van der Waals surface area contributed by atoms with Crippen molar-refractivity contribution in [3.8, 4) is 0 Å². The summed E-state index contributed by atoms with van der Waals surface area (Å²) in [5.74, 6) is -9.43. The fourth-order valence-corrected chi connectivity index (χ4v) is 2.46. The van der Waals surface area contributed by atoms with Gasteiger partial charge in [-0.15, -0.1) is 0 Å². The lowest BCUT2D eigenvalue weighted by molar-refractivity contribution is -0.144. The lowest BCUT2D eigenvalue weighted by Gasteiger charge is -2.23. The highest BCUT2D eigenvalue weighted by atomic mass is 32.1. The van der Waals surface area contributed by atoms with Crippen LogP contribution in [-0.2, 0) is 33.6 Å². The SMILES string of the molecule is NC(CC(=O)O)C(=O)NC(CC(=O)O)C(=O)NC(CS)C(=O)NC(CCC(=O)O)C(=O)O. The number of carbonyl (C=O) groups excluding carboxylic acids is 3. The molecule has 0 rings (SSSR count). The third-order valence-electron chi connectivity index (χ3n) is 3.82. The maximum Gasteiger partial charge on any atom is 0.326 e. The summed E-state index contributed by atoms with van der Waals surface area (Å²) >= 11 is 3.86. The van der Waals surface area contributed by atoms with Crippen molar-refractivity contribution in [2.24, 2.45) is 5.73 Å². The first-order valence-corrected chi connectivity index (χ1v) is 9.57. The number of carboxylic acid groups (broad SMARTS) is 4. The average molecular weight is 480 g/mol. The zero-order valence-corrected chi connectivity index (χ0v) is 17.4. The van der Waals surface area contributed by atoms with Gasteiger partial charge in [0.1, 0.15) is 18.1 Å². The zero-order chi connectivity index (χ0) is 25.0. The molecule has 32 heavy (non-hydrogen) atoms. The third-order valence-corrected chi connectivity index (χ3v) is 4.19. The Hall–Kier alpha value is -3.40. The Morgan fingerprint density at radius 2 is 1.16 bits per heavy atom. The molecular formula is C16H24N4O11S. The summed E-state index contributed by atoms with van der Waals surface area (Å²) in [5.41, 5.74) is 5.36. The van der Waals surface area contributed by atoms with Crippen LogP contribution in [0.1, 0.15) is 25.7 Å². The highest BCUT2D eigenvalue weighted by Gasteiger charge is 2.31. The fourth-order valence-electron chi connectivity index (χ4n) is 2.21. The summed E-state index contributed by atoms with van der Waals surface area (Å²) in [6.07, 6.45) is -2.72. The van der Waals surface area contributed by atoms with Gasteiger partial charge in [0.2, 0.25) is 17.7 Å². The number of aliphatic carboxylic acids is 4. The van der Waals surface area contributed by atoms with Crippen LogP contribution in [0.5, 0.6) is 0 Å². The lowest BCUT2D eigenvalue weighted by Crippen LogP contribution is -2.58. The van der Waals surface area contributed by atoms with E-state index < -0.39 is 91.4 Å². The van der Waals surface area contributed by atoms with E-state index in [1.807, 2.05) is 10.6 Å². The maximum atomic E-state index is 12.4. The molecule has 0 radical (unpaired) electrons. The van der Waals surface area contributed by atoms with E-state index in [9.17, 15) is 33.6 Å². The van der Waals surface area contributed by atoms with Gasteiger partial charge in [-0.3, -0.25) is 28.8 Å². The molecule has 0 aromatic rings. The number of thiol groups is 1. The zero-order valence-electron chi connectivity index (χ0n) is 16.5. The Morgan fingerprint density at radius 3 is 1.59 bits per heavy atom. The van der Waals surface area contributed by atoms with E-state index in [0.717, 1.165) is 0 Å². The molecule has 9 N–H and O–H groups in total. The molecule has 15 nitrogen and oxygen atoms in total. The number of nitrogens with two attached hydrogens (primary N) is 1. The van der Waals surface area contributed by atoms with Gasteiger partial charge < -0.3 is 42.1 Å². The van der Waals surface area contributed by atoms with Gasteiger partial charge in [0.05, 0.1) is 18.9 Å². The van der Waals surface area contributed by atoms with Crippen LogP contribution >= 0.6 is 12.6 Å². The first-order valence-electron chi connectivity index (χ1n) is 8.94. The van der Waals surface area contributed by atoms with Crippen LogP contribution in [0.25, 0.3) is 0 Å². The van der Waals surface area contributed by atoms with Crippen molar-refractivity contribution < 1.29 is 54.0 Å². The Balaban J connectivity index is 5.27. The van der Waals surface area contributed by atoms with Crippen molar-refractivity contribution in [3.05, 3.63) is 0 Å². The standard InChI is InChI=1S/C16H24N4O11S/c17-6(3-11(23)24)13(27)19-8(4-12(25)26)14(28)20-9(5-32)15(29)18-7(16(30)31)1-2-10(21)22/h6-9,32H,1-5,17H2,(H,18,29)(H,19,27)(H,20,28)(H,21,22)(H,23,24)(H,25,26)(H,30,31). The molecule has 0 aromatic carbocycles. The van der Waals surface area contributed by atoms with E-state index in [2.05, 4.69) is 17.9 Å². The summed E-state index contributed by atoms with van der Waals surface area (Å²) < 4.78 is 0. The number of hydrogen-bond acceptors (Lipinski definition) is 9. The minimum Gasteiger partial charge on any atom is -0.481 e. The van der Waals surface area contributed by atoms with Gasteiger partial charge >= 0.3 is 23.9 Å². The summed E-state index contributed by atoms with van der Waals surface area (Å²) in [7, 11) is 0. The summed E-state index contributed by atoms with van der Waals surface area (Å²) in [4.78, 5) is 80.1. The van der Waals surface area contributed by atoms with Crippen LogP contribution in [0.3, 0.4) is 0 Å². The molecule has 0 aliphatic heterocycles. The topological polar surface area (TPSA) is 263 Å². The minimum atomic E-state index is -1.74. The largest absolute Gasteiger partial charge is 0.481 e. The average Bonchev–Trinajstić information content (AvgIpc) is 2.66. The Kier molecular flexibility index (Phi) is 12.3. The summed E-state index contributed by atoms with van der Waals surface area (Å²) in [6, 6.07) is -6.37. The molecule has 0 bridgehead atoms. The molecule has 3 amide bonds. The number of rotatable bonds is 15. The van der Waals surface area contributed by atoms with E-state index in [0.29, 0.717) is 0 Å². The van der Waals surface area contributed by atoms with Crippen LogP contribution < -0.4 is 21.7 Å². The highest BCUT2D eigenvalue weighted by molar-refractivity contribution is 7.80. The van der Waals surface area contributed by atoms with E-state index in [-0.39, 0.29) is 5.75 Å². The maximum absolute atomic E-state index is 12.4. The second-order valence-corrected chi connectivity index (χ2v) is 6.80. The van der Waals surface area contributed by atoms with Crippen LogP contribution in [0.4, 0.5) is 0 Å². The molecule has 0 heterocycles. The van der Waals surface area contributed by atoms with Crippen LogP contribution in [0, 0.1) is 0 Å². The van der Waals surface area contributed by atoms with E-state index in [1.165, 1.54) is 0 Å². The lowest BCUT2D eigenvalue weighted by atomic mass is 10.1. The predicted molar refractivity (Wildman–Crippen MR) is 107 cm³/mol. The molecule has 0 saturated heterocycles. The molecule has 180 valence electrons. The second kappa shape index (κ2) is 13.8. The molecule has 0 fully saturated rings. The smallest absolute Gasteiger partial charge is 0.326 e. The van der Waals surface area contributed by atoms with Crippen molar-refractivity contribution in [1.82, 2.24) is 16.0 Å². The summed E-state index contributed by atoms with van der Waals surface area (Å²) in [5, 5.41) is 41.4. The van der Waals surface area contributed by atoms with Crippen molar-refractivity contribution in [2.45, 2.75) is 49.9 Å². The van der Waals surface area contributed by atoms with Crippen molar-refractivity contribution in [1.29, 1.82) is 0 Å². The molecular weight excluding hydrogens is 456 g/mol. The van der Waals surface area contributed by atoms with Gasteiger partial charge in [-0.05, 0) is 6.42 Å². The van der Waals surface area contributed by atoms with E-state index in [4.69, 9.17) is 26.2 Å². The summed E-state index contributed by atoms with van der Waals surface area (Å²) in [6.45, 7) is 0. The van der Waals surface area contributed by atoms with Crippen LogP contribution in [-0.4, -0.2) is 91.9 Å². The van der Waals surface area contributed by atoms with Gasteiger partial charge in [-0.2, -0.15) is 12.6 Å². The van der Waals surface area contributed by atoms with Crippen molar-refractivity contribution in [2.75, 3.05) is 5.75 Å². The molecule has 4 unspecified atom stereocenters. The molecule has 0 spiro atoms. The van der Waals surface area contributed by atoms with Gasteiger partial charge in [0, 0.05) is 12.2 Å². The van der Waals surface area contributed by atoms with Crippen LogP contribution in [0.2, 0.25) is 0 Å². The number of amides is 3. The molecule has 4 atom stereocenters. The molecule has 16 heteroatoms. The normalized spacial score (nSPS) is 14.2. The third kappa shape index (κ3) is 11.1. The minimum absolute atomic E-state index is 0.366. The van der Waals surface area contributed by atoms with Crippen molar-refractivity contribution >= 4 is 54.2 Å². The highest BCUT2D eigenvalue weighted by Crippen LogP contribution is 2.02. The fraction of sp³-hybridized carbons (Fsp3) is 0.562. The van der Waals surface area contributed by atoms with Crippen LogP contribution in [0.15, 0.2) is 0 Å². The second-order valence-electron chi connectivity index (χ2n) is 6.44. The Bertz CT molecular complexity index is 760. The number of hydrogen-bond donors (Lipinski definition) is 9. The first kappa shape index (κ1) is 28.6. The molecule has 0 aliphatic rings. The Labute approximate surface area is 186 Å². The van der Waals surface area contributed by atoms with Gasteiger partial charge in [0.25, 0.3) is 0 Å². The quantitative estimate of drug-likeness (QED) is 0.104. The van der Waals surface area contributed by atoms with E-state index >= 15 is 0 Å². The first-order chi connectivity index (χ1) is 14.8. The molecule has 0 saturated carbocycles. The van der Waals surface area contributed by atoms with Crippen molar-refractivity contribution in [3.63, 3.8) is 0 Å².